The lowest BCUT2D eigenvalue weighted by Gasteiger charge is -2.17. The Bertz CT molecular complexity index is 1300. The van der Waals surface area contributed by atoms with Crippen LogP contribution in [0.15, 0.2) is 66.3 Å². The SMILES string of the molecule is C.C=c1c(C2=CC=C(C)C2)c(Cc2ccc(CCN3CCCC3)cc2)c2ccccc2c1=C.CC. The first-order valence-electron chi connectivity index (χ1n) is 13.0. The van der Waals surface area contributed by atoms with E-state index in [0.29, 0.717) is 0 Å². The highest BCUT2D eigenvalue weighted by atomic mass is 15.1. The molecule has 1 fully saturated rings. The molecule has 0 saturated carbocycles. The van der Waals surface area contributed by atoms with Crippen molar-refractivity contribution in [1.29, 1.82) is 0 Å². The van der Waals surface area contributed by atoms with E-state index >= 15 is 0 Å². The maximum atomic E-state index is 4.49. The lowest BCUT2D eigenvalue weighted by Crippen LogP contribution is -2.28. The Kier molecular flexibility index (Phi) is 9.29. The molecule has 35 heavy (non-hydrogen) atoms. The number of allylic oxidation sites excluding steroid dienone is 4. The maximum Gasteiger partial charge on any atom is 0.00218 e. The third kappa shape index (κ3) is 5.85. The Hall–Kier alpha value is -2.90. The van der Waals surface area contributed by atoms with Crippen molar-refractivity contribution in [1.82, 2.24) is 4.90 Å². The molecule has 5 rings (SSSR count). The van der Waals surface area contributed by atoms with Gasteiger partial charge in [0, 0.05) is 6.54 Å². The van der Waals surface area contributed by atoms with Crippen molar-refractivity contribution in [3.63, 3.8) is 0 Å². The van der Waals surface area contributed by atoms with Crippen molar-refractivity contribution in [2.75, 3.05) is 19.6 Å². The van der Waals surface area contributed by atoms with Gasteiger partial charge in [0.25, 0.3) is 0 Å². The van der Waals surface area contributed by atoms with E-state index in [1.54, 1.807) is 0 Å². The number of hydrogen-bond acceptors (Lipinski definition) is 1. The van der Waals surface area contributed by atoms with Gasteiger partial charge in [-0.25, -0.2) is 0 Å². The molecule has 0 unspecified atom stereocenters. The summed E-state index contributed by atoms with van der Waals surface area (Å²) >= 11 is 0. The van der Waals surface area contributed by atoms with E-state index < -0.39 is 0 Å². The first kappa shape index (κ1) is 26.7. The smallest absolute Gasteiger partial charge is 0.00218 e. The Labute approximate surface area is 213 Å². The predicted molar refractivity (Wildman–Crippen MR) is 157 cm³/mol. The zero-order valence-electron chi connectivity index (χ0n) is 21.3. The van der Waals surface area contributed by atoms with Crippen LogP contribution in [0.4, 0.5) is 0 Å². The van der Waals surface area contributed by atoms with Gasteiger partial charge in [-0.15, -0.1) is 0 Å². The Morgan fingerprint density at radius 1 is 0.800 bits per heavy atom. The molecule has 1 saturated heterocycles. The number of nitrogens with zero attached hydrogens (tertiary/aromatic N) is 1. The van der Waals surface area contributed by atoms with E-state index in [1.165, 1.54) is 76.6 Å². The molecular formula is C34H43N. The zero-order valence-corrected chi connectivity index (χ0v) is 21.3. The molecule has 0 atom stereocenters. The van der Waals surface area contributed by atoms with E-state index in [4.69, 9.17) is 0 Å². The number of hydrogen-bond donors (Lipinski definition) is 0. The van der Waals surface area contributed by atoms with Crippen LogP contribution in [0.5, 0.6) is 0 Å². The summed E-state index contributed by atoms with van der Waals surface area (Å²) in [5.74, 6) is 0. The van der Waals surface area contributed by atoms with Crippen LogP contribution in [0.3, 0.4) is 0 Å². The van der Waals surface area contributed by atoms with Gasteiger partial charge in [0.05, 0.1) is 0 Å². The standard InChI is InChI=1S/C31H33N.C2H6.CH4/c1-22-10-15-27(20-22)31-24(3)23(2)28-8-4-5-9-29(28)30(31)21-26-13-11-25(12-14-26)16-19-32-17-6-7-18-32;1-2;/h4-5,8-15H,2-3,6-7,16-21H2,1H3;1-2H3;1H4. The highest BCUT2D eigenvalue weighted by Crippen LogP contribution is 2.31. The summed E-state index contributed by atoms with van der Waals surface area (Å²) in [7, 11) is 0. The Morgan fingerprint density at radius 2 is 1.43 bits per heavy atom. The molecule has 0 N–H and O–H groups in total. The lowest BCUT2D eigenvalue weighted by atomic mass is 9.87. The normalized spacial score (nSPS) is 15.3. The lowest BCUT2D eigenvalue weighted by molar-refractivity contribution is 0.343. The minimum atomic E-state index is 0. The van der Waals surface area contributed by atoms with Gasteiger partial charge in [-0.2, -0.15) is 0 Å². The molecule has 1 heteroatoms. The molecule has 1 aliphatic carbocycles. The quantitative estimate of drug-likeness (QED) is 0.369. The first-order valence-corrected chi connectivity index (χ1v) is 13.0. The van der Waals surface area contributed by atoms with Crippen molar-refractivity contribution in [3.8, 4) is 0 Å². The summed E-state index contributed by atoms with van der Waals surface area (Å²) in [5.41, 5.74) is 8.28. The van der Waals surface area contributed by atoms with Gasteiger partial charge in [0.1, 0.15) is 0 Å². The third-order valence-corrected chi connectivity index (χ3v) is 7.22. The van der Waals surface area contributed by atoms with Crippen molar-refractivity contribution in [2.45, 2.75) is 60.3 Å². The highest BCUT2D eigenvalue weighted by Gasteiger charge is 2.17. The second-order valence-corrected chi connectivity index (χ2v) is 9.53. The molecule has 3 aromatic rings. The largest absolute Gasteiger partial charge is 0.303 e. The van der Waals surface area contributed by atoms with Crippen LogP contribution in [0, 0.1) is 0 Å². The summed E-state index contributed by atoms with van der Waals surface area (Å²) in [5, 5.41) is 4.67. The van der Waals surface area contributed by atoms with Gasteiger partial charge in [0.15, 0.2) is 0 Å². The Morgan fingerprint density at radius 3 is 2.06 bits per heavy atom. The summed E-state index contributed by atoms with van der Waals surface area (Å²) in [6.45, 7) is 18.8. The van der Waals surface area contributed by atoms with Gasteiger partial charge >= 0.3 is 0 Å². The molecule has 0 aromatic heterocycles. The number of fused-ring (bicyclic) bond motifs is 1. The van der Waals surface area contributed by atoms with Crippen LogP contribution in [0.2, 0.25) is 0 Å². The minimum absolute atomic E-state index is 0. The van der Waals surface area contributed by atoms with Gasteiger partial charge in [0.2, 0.25) is 0 Å². The predicted octanol–water partition coefficient (Wildman–Crippen LogP) is 7.29. The molecule has 0 amide bonds. The summed E-state index contributed by atoms with van der Waals surface area (Å²) < 4.78 is 0. The Balaban J connectivity index is 0.00000111. The maximum absolute atomic E-state index is 4.49. The monoisotopic (exact) mass is 465 g/mol. The fourth-order valence-electron chi connectivity index (χ4n) is 5.37. The van der Waals surface area contributed by atoms with E-state index in [9.17, 15) is 0 Å². The molecule has 0 bridgehead atoms. The molecule has 1 heterocycles. The van der Waals surface area contributed by atoms with Crippen molar-refractivity contribution in [2.24, 2.45) is 0 Å². The molecule has 3 aromatic carbocycles. The molecule has 0 spiro atoms. The summed E-state index contributed by atoms with van der Waals surface area (Å²) in [6, 6.07) is 18.0. The van der Waals surface area contributed by atoms with Gasteiger partial charge in [-0.1, -0.05) is 101 Å². The summed E-state index contributed by atoms with van der Waals surface area (Å²) in [6.07, 6.45) is 10.3. The third-order valence-electron chi connectivity index (χ3n) is 7.22. The van der Waals surface area contributed by atoms with Crippen molar-refractivity contribution < 1.29 is 0 Å². The van der Waals surface area contributed by atoms with E-state index in [0.717, 1.165) is 29.7 Å². The van der Waals surface area contributed by atoms with Crippen LogP contribution in [0.1, 0.15) is 69.7 Å². The minimum Gasteiger partial charge on any atom is -0.303 e. The molecule has 2 aliphatic rings. The fraction of sp³-hybridized carbons (Fsp3) is 0.353. The fourth-order valence-corrected chi connectivity index (χ4v) is 5.37. The highest BCUT2D eigenvalue weighted by molar-refractivity contribution is 5.92. The molecule has 0 radical (unpaired) electrons. The number of rotatable bonds is 6. The molecular weight excluding hydrogens is 422 g/mol. The van der Waals surface area contributed by atoms with Gasteiger partial charge < -0.3 is 4.90 Å². The van der Waals surface area contributed by atoms with Crippen LogP contribution in [0.25, 0.3) is 29.5 Å². The van der Waals surface area contributed by atoms with E-state index in [1.807, 2.05) is 13.8 Å². The second-order valence-electron chi connectivity index (χ2n) is 9.53. The summed E-state index contributed by atoms with van der Waals surface area (Å²) in [4.78, 5) is 2.59. The van der Waals surface area contributed by atoms with Crippen LogP contribution in [-0.4, -0.2) is 24.5 Å². The number of likely N-dealkylation sites (tertiary alicyclic amines) is 1. The van der Waals surface area contributed by atoms with Gasteiger partial charge in [-0.3, -0.25) is 0 Å². The number of benzene rings is 3. The molecule has 1 nitrogen and oxygen atoms in total. The van der Waals surface area contributed by atoms with Crippen LogP contribution < -0.4 is 10.4 Å². The van der Waals surface area contributed by atoms with E-state index in [-0.39, 0.29) is 7.43 Å². The van der Waals surface area contributed by atoms with E-state index in [2.05, 4.69) is 85.7 Å². The first-order chi connectivity index (χ1) is 16.6. The van der Waals surface area contributed by atoms with Crippen molar-refractivity contribution >= 4 is 29.5 Å². The molecule has 1 aliphatic heterocycles. The molecule has 184 valence electrons. The van der Waals surface area contributed by atoms with Crippen LogP contribution >= 0.6 is 0 Å². The topological polar surface area (TPSA) is 3.24 Å². The second kappa shape index (κ2) is 12.2. The average Bonchev–Trinajstić information content (AvgIpc) is 3.55. The average molecular weight is 466 g/mol. The van der Waals surface area contributed by atoms with Gasteiger partial charge in [-0.05, 0) is 101 Å². The zero-order chi connectivity index (χ0) is 24.1. The van der Waals surface area contributed by atoms with Crippen LogP contribution in [-0.2, 0) is 12.8 Å². The van der Waals surface area contributed by atoms with Crippen molar-refractivity contribution in [3.05, 3.63) is 98.9 Å².